The lowest BCUT2D eigenvalue weighted by molar-refractivity contribution is -0.141. The first-order chi connectivity index (χ1) is 8.93. The first kappa shape index (κ1) is 15.5. The molecule has 0 spiro atoms. The molecule has 0 saturated carbocycles. The number of carboxylic acids is 1. The maximum Gasteiger partial charge on any atom is 0.321 e. The summed E-state index contributed by atoms with van der Waals surface area (Å²) in [7, 11) is 0. The van der Waals surface area contributed by atoms with Crippen LogP contribution in [0.4, 0.5) is 10.5 Å². The normalized spacial score (nSPS) is 11.7. The van der Waals surface area contributed by atoms with E-state index in [9.17, 15) is 9.59 Å². The molecule has 19 heavy (non-hydrogen) atoms. The van der Waals surface area contributed by atoms with E-state index in [-0.39, 0.29) is 12.6 Å². The van der Waals surface area contributed by atoms with Gasteiger partial charge in [-0.2, -0.15) is 0 Å². The number of carboxylic acid groups (broad SMARTS) is 1. The Hall–Kier alpha value is -1.56. The monoisotopic (exact) mass is 328 g/mol. The molecule has 2 amide bonds. The highest BCUT2D eigenvalue weighted by Gasteiger charge is 2.19. The van der Waals surface area contributed by atoms with Crippen molar-refractivity contribution in [3.8, 4) is 0 Å². The van der Waals surface area contributed by atoms with E-state index in [1.54, 1.807) is 19.1 Å². The van der Waals surface area contributed by atoms with Crippen molar-refractivity contribution >= 4 is 33.6 Å². The van der Waals surface area contributed by atoms with Crippen LogP contribution in [0.1, 0.15) is 13.8 Å². The van der Waals surface area contributed by atoms with Gasteiger partial charge < -0.3 is 15.3 Å². The number of nitrogens with one attached hydrogen (secondary N) is 1. The molecule has 1 aromatic rings. The molecular formula is C13H17BrN2O3. The Kier molecular flexibility index (Phi) is 5.82. The van der Waals surface area contributed by atoms with Gasteiger partial charge in [-0.25, -0.2) is 4.79 Å². The van der Waals surface area contributed by atoms with Crippen LogP contribution in [0.2, 0.25) is 0 Å². The molecule has 1 rings (SSSR count). The van der Waals surface area contributed by atoms with Crippen LogP contribution in [-0.4, -0.2) is 35.1 Å². The molecule has 0 bridgehead atoms. The quantitative estimate of drug-likeness (QED) is 0.872. The smallest absolute Gasteiger partial charge is 0.321 e. The zero-order chi connectivity index (χ0) is 14.4. The number of halogens is 1. The number of aliphatic carboxylic acids is 1. The van der Waals surface area contributed by atoms with Crippen LogP contribution in [0.3, 0.4) is 0 Å². The maximum atomic E-state index is 12.0. The number of benzene rings is 1. The fourth-order valence-corrected chi connectivity index (χ4v) is 1.93. The molecule has 0 aliphatic carbocycles. The van der Waals surface area contributed by atoms with Gasteiger partial charge in [-0.1, -0.05) is 28.9 Å². The minimum absolute atomic E-state index is 0.186. The highest BCUT2D eigenvalue weighted by Crippen LogP contribution is 2.16. The summed E-state index contributed by atoms with van der Waals surface area (Å²) in [5.41, 5.74) is 0.667. The van der Waals surface area contributed by atoms with E-state index >= 15 is 0 Å². The Labute approximate surface area is 120 Å². The summed E-state index contributed by atoms with van der Waals surface area (Å²) in [5, 5.41) is 11.6. The van der Waals surface area contributed by atoms with Crippen molar-refractivity contribution in [1.82, 2.24) is 4.90 Å². The van der Waals surface area contributed by atoms with Crippen molar-refractivity contribution in [2.75, 3.05) is 18.4 Å². The fourth-order valence-electron chi connectivity index (χ4n) is 1.53. The van der Waals surface area contributed by atoms with E-state index in [4.69, 9.17) is 5.11 Å². The lowest BCUT2D eigenvalue weighted by atomic mass is 10.2. The Balaban J connectivity index is 2.66. The molecule has 0 saturated heterocycles. The predicted octanol–water partition coefficient (Wildman–Crippen LogP) is 3.02. The molecule has 0 aliphatic rings. The van der Waals surface area contributed by atoms with E-state index in [0.717, 1.165) is 4.47 Å². The third-order valence-electron chi connectivity index (χ3n) is 2.66. The molecule has 1 unspecified atom stereocenters. The zero-order valence-electron chi connectivity index (χ0n) is 10.9. The summed E-state index contributed by atoms with van der Waals surface area (Å²) in [4.78, 5) is 24.3. The second kappa shape index (κ2) is 7.13. The first-order valence-electron chi connectivity index (χ1n) is 5.98. The van der Waals surface area contributed by atoms with E-state index in [2.05, 4.69) is 21.2 Å². The number of nitrogens with zero attached hydrogens (tertiary/aromatic N) is 1. The number of anilines is 1. The van der Waals surface area contributed by atoms with Gasteiger partial charge in [-0.05, 0) is 25.1 Å². The van der Waals surface area contributed by atoms with Gasteiger partial charge in [0.25, 0.3) is 0 Å². The van der Waals surface area contributed by atoms with Crippen molar-refractivity contribution in [3.63, 3.8) is 0 Å². The predicted molar refractivity (Wildman–Crippen MR) is 77.2 cm³/mol. The number of rotatable bonds is 5. The third-order valence-corrected chi connectivity index (χ3v) is 3.15. The van der Waals surface area contributed by atoms with Gasteiger partial charge in [0.05, 0.1) is 5.92 Å². The average Bonchev–Trinajstić information content (AvgIpc) is 2.35. The summed E-state index contributed by atoms with van der Waals surface area (Å²) in [6, 6.07) is 6.94. The molecule has 6 heteroatoms. The van der Waals surface area contributed by atoms with Crippen molar-refractivity contribution < 1.29 is 14.7 Å². The number of amides is 2. The van der Waals surface area contributed by atoms with E-state index in [1.165, 1.54) is 4.90 Å². The van der Waals surface area contributed by atoms with Crippen LogP contribution >= 0.6 is 15.9 Å². The minimum Gasteiger partial charge on any atom is -0.481 e. The van der Waals surface area contributed by atoms with Crippen LogP contribution in [0, 0.1) is 5.92 Å². The van der Waals surface area contributed by atoms with Gasteiger partial charge in [-0.3, -0.25) is 4.79 Å². The number of hydrogen-bond acceptors (Lipinski definition) is 2. The molecule has 5 nitrogen and oxygen atoms in total. The van der Waals surface area contributed by atoms with E-state index < -0.39 is 11.9 Å². The van der Waals surface area contributed by atoms with Gasteiger partial charge in [0.1, 0.15) is 0 Å². The molecule has 1 atom stereocenters. The highest BCUT2D eigenvalue weighted by molar-refractivity contribution is 9.10. The van der Waals surface area contributed by atoms with Crippen molar-refractivity contribution in [3.05, 3.63) is 28.7 Å². The molecule has 0 heterocycles. The Morgan fingerprint density at radius 3 is 2.68 bits per heavy atom. The fraction of sp³-hybridized carbons (Fsp3) is 0.385. The van der Waals surface area contributed by atoms with Gasteiger partial charge in [0.2, 0.25) is 0 Å². The topological polar surface area (TPSA) is 69.6 Å². The molecular weight excluding hydrogens is 312 g/mol. The number of carbonyl (C=O) groups excluding carboxylic acids is 1. The van der Waals surface area contributed by atoms with Crippen LogP contribution < -0.4 is 5.32 Å². The third kappa shape index (κ3) is 4.90. The zero-order valence-corrected chi connectivity index (χ0v) is 12.5. The van der Waals surface area contributed by atoms with Crippen molar-refractivity contribution in [2.24, 2.45) is 5.92 Å². The van der Waals surface area contributed by atoms with Crippen molar-refractivity contribution in [1.29, 1.82) is 0 Å². The first-order valence-corrected chi connectivity index (χ1v) is 6.77. The lowest BCUT2D eigenvalue weighted by Crippen LogP contribution is -2.39. The molecule has 1 aromatic carbocycles. The largest absolute Gasteiger partial charge is 0.481 e. The van der Waals surface area contributed by atoms with Gasteiger partial charge in [-0.15, -0.1) is 0 Å². The summed E-state index contributed by atoms with van der Waals surface area (Å²) >= 11 is 3.32. The number of urea groups is 1. The number of carbonyl (C=O) groups is 2. The van der Waals surface area contributed by atoms with E-state index in [1.807, 2.05) is 19.1 Å². The van der Waals surface area contributed by atoms with E-state index in [0.29, 0.717) is 12.2 Å². The Morgan fingerprint density at radius 2 is 2.16 bits per heavy atom. The van der Waals surface area contributed by atoms with Crippen molar-refractivity contribution in [2.45, 2.75) is 13.8 Å². The molecule has 104 valence electrons. The van der Waals surface area contributed by atoms with Crippen LogP contribution in [0.5, 0.6) is 0 Å². The lowest BCUT2D eigenvalue weighted by Gasteiger charge is -2.23. The molecule has 0 aromatic heterocycles. The van der Waals surface area contributed by atoms with Crippen LogP contribution in [-0.2, 0) is 4.79 Å². The Bertz CT molecular complexity index is 465. The number of hydrogen-bond donors (Lipinski definition) is 2. The van der Waals surface area contributed by atoms with Gasteiger partial charge in [0.15, 0.2) is 0 Å². The highest BCUT2D eigenvalue weighted by atomic mass is 79.9. The SMILES string of the molecule is CCN(CC(C)C(=O)O)C(=O)Nc1cccc(Br)c1. The second-order valence-corrected chi connectivity index (χ2v) is 5.13. The van der Waals surface area contributed by atoms with Gasteiger partial charge >= 0.3 is 12.0 Å². The summed E-state index contributed by atoms with van der Waals surface area (Å²) < 4.78 is 0.868. The van der Waals surface area contributed by atoms with Crippen LogP contribution in [0.15, 0.2) is 28.7 Å². The summed E-state index contributed by atoms with van der Waals surface area (Å²) in [6.45, 7) is 4.04. The molecule has 2 N–H and O–H groups in total. The summed E-state index contributed by atoms with van der Waals surface area (Å²) in [5.74, 6) is -1.50. The summed E-state index contributed by atoms with van der Waals surface area (Å²) in [6.07, 6.45) is 0. The second-order valence-electron chi connectivity index (χ2n) is 4.22. The van der Waals surface area contributed by atoms with Gasteiger partial charge in [0, 0.05) is 23.2 Å². The molecule has 0 fully saturated rings. The molecule has 0 radical (unpaired) electrons. The molecule has 0 aliphatic heterocycles. The van der Waals surface area contributed by atoms with Crippen LogP contribution in [0.25, 0.3) is 0 Å². The Morgan fingerprint density at radius 1 is 1.47 bits per heavy atom. The standard InChI is InChI=1S/C13H17BrN2O3/c1-3-16(8-9(2)12(17)18)13(19)15-11-6-4-5-10(14)7-11/h4-7,9H,3,8H2,1-2H3,(H,15,19)(H,17,18). The minimum atomic E-state index is -0.909. The average molecular weight is 329 g/mol. The maximum absolute atomic E-state index is 12.0.